The summed E-state index contributed by atoms with van der Waals surface area (Å²) >= 11 is 0. The molecule has 0 spiro atoms. The Kier molecular flexibility index (Phi) is 17.4. The van der Waals surface area contributed by atoms with Crippen molar-refractivity contribution in [2.24, 2.45) is 0 Å². The van der Waals surface area contributed by atoms with E-state index in [-0.39, 0.29) is 0 Å². The fraction of sp³-hybridized carbons (Fsp3) is 0.889. The molecule has 114 valence electrons. The third-order valence-electron chi connectivity index (χ3n) is 3.67. The topological polar surface area (TPSA) is 12.0 Å². The molecule has 0 saturated heterocycles. The Bertz CT molecular complexity index is 175. The second kappa shape index (κ2) is 17.7. The molecule has 0 atom stereocenters. The molecule has 0 radical (unpaired) electrons. The van der Waals surface area contributed by atoms with Crippen LogP contribution in [-0.2, 0) is 0 Å². The zero-order chi connectivity index (χ0) is 14.0. The summed E-state index contributed by atoms with van der Waals surface area (Å²) in [6, 6.07) is 0. The maximum Gasteiger partial charge on any atom is -0.00489 e. The van der Waals surface area contributed by atoms with E-state index in [1.165, 1.54) is 90.1 Å². The van der Waals surface area contributed by atoms with E-state index >= 15 is 0 Å². The van der Waals surface area contributed by atoms with Gasteiger partial charge >= 0.3 is 0 Å². The lowest BCUT2D eigenvalue weighted by molar-refractivity contribution is 0.545. The van der Waals surface area contributed by atoms with Crippen LogP contribution < -0.4 is 5.32 Å². The van der Waals surface area contributed by atoms with Crippen LogP contribution in [0.3, 0.4) is 0 Å². The summed E-state index contributed by atoms with van der Waals surface area (Å²) in [4.78, 5) is 0. The van der Waals surface area contributed by atoms with Crippen LogP contribution in [0.5, 0.6) is 0 Å². The Labute approximate surface area is 122 Å². The van der Waals surface area contributed by atoms with E-state index in [9.17, 15) is 0 Å². The van der Waals surface area contributed by atoms with Gasteiger partial charge in [-0.25, -0.2) is 0 Å². The van der Waals surface area contributed by atoms with Crippen LogP contribution in [0.15, 0.2) is 12.2 Å². The van der Waals surface area contributed by atoms with Crippen LogP contribution in [0, 0.1) is 0 Å². The number of nitrogens with one attached hydrogen (secondary N) is 1. The lowest BCUT2D eigenvalue weighted by atomic mass is 10.1. The Morgan fingerprint density at radius 1 is 0.684 bits per heavy atom. The number of allylic oxidation sites excluding steroid dienone is 2. The van der Waals surface area contributed by atoms with Crippen molar-refractivity contribution in [3.05, 3.63) is 12.2 Å². The van der Waals surface area contributed by atoms with Gasteiger partial charge in [0.05, 0.1) is 0 Å². The van der Waals surface area contributed by atoms with Gasteiger partial charge in [-0.3, -0.25) is 0 Å². The summed E-state index contributed by atoms with van der Waals surface area (Å²) in [7, 11) is 0. The van der Waals surface area contributed by atoms with Crippen LogP contribution >= 0.6 is 0 Å². The van der Waals surface area contributed by atoms with Gasteiger partial charge in [0.2, 0.25) is 0 Å². The van der Waals surface area contributed by atoms with Gasteiger partial charge in [-0.15, -0.1) is 0 Å². The van der Waals surface area contributed by atoms with E-state index in [2.05, 4.69) is 31.3 Å². The number of rotatable bonds is 15. The van der Waals surface area contributed by atoms with Crippen LogP contribution in [0.4, 0.5) is 0 Å². The van der Waals surface area contributed by atoms with E-state index < -0.39 is 0 Å². The first-order valence-corrected chi connectivity index (χ1v) is 8.73. The smallest absolute Gasteiger partial charge is 0.00489 e. The average molecular weight is 268 g/mol. The van der Waals surface area contributed by atoms with E-state index in [1.807, 2.05) is 0 Å². The average Bonchev–Trinajstić information content (AvgIpc) is 2.43. The van der Waals surface area contributed by atoms with Gasteiger partial charge in [-0.2, -0.15) is 0 Å². The highest BCUT2D eigenvalue weighted by molar-refractivity contribution is 4.76. The van der Waals surface area contributed by atoms with Crippen LogP contribution in [0.25, 0.3) is 0 Å². The number of hydrogen-bond acceptors (Lipinski definition) is 1. The van der Waals surface area contributed by atoms with Gasteiger partial charge in [0.25, 0.3) is 0 Å². The largest absolute Gasteiger partial charge is 0.317 e. The summed E-state index contributed by atoms with van der Waals surface area (Å²) in [6.07, 6.45) is 21.1. The van der Waals surface area contributed by atoms with Crippen molar-refractivity contribution >= 4 is 0 Å². The molecule has 0 aliphatic carbocycles. The fourth-order valence-corrected chi connectivity index (χ4v) is 2.36. The molecule has 0 aliphatic heterocycles. The standard InChI is InChI=1S/C18H37N/c1-3-5-7-9-11-13-15-17-19-18-16-14-12-10-8-6-4-2/h3,5,19H,4,6-18H2,1-2H3/b5-3+. The van der Waals surface area contributed by atoms with E-state index in [1.54, 1.807) is 0 Å². The highest BCUT2D eigenvalue weighted by atomic mass is 14.8. The summed E-state index contributed by atoms with van der Waals surface area (Å²) in [6.45, 7) is 6.84. The minimum Gasteiger partial charge on any atom is -0.317 e. The molecule has 1 N–H and O–H groups in total. The molecule has 19 heavy (non-hydrogen) atoms. The van der Waals surface area contributed by atoms with Crippen molar-refractivity contribution in [2.75, 3.05) is 13.1 Å². The van der Waals surface area contributed by atoms with Gasteiger partial charge in [0.15, 0.2) is 0 Å². The molecule has 1 nitrogen and oxygen atoms in total. The highest BCUT2D eigenvalue weighted by Crippen LogP contribution is 2.06. The zero-order valence-corrected chi connectivity index (χ0v) is 13.6. The third kappa shape index (κ3) is 17.7. The van der Waals surface area contributed by atoms with Gasteiger partial charge in [-0.05, 0) is 45.7 Å². The van der Waals surface area contributed by atoms with Gasteiger partial charge in [-0.1, -0.05) is 70.4 Å². The number of unbranched alkanes of at least 4 members (excludes halogenated alkanes) is 10. The van der Waals surface area contributed by atoms with Crippen LogP contribution in [0.2, 0.25) is 0 Å². The minimum absolute atomic E-state index is 1.22. The molecule has 0 aliphatic rings. The lowest BCUT2D eigenvalue weighted by Gasteiger charge is -2.04. The summed E-state index contributed by atoms with van der Waals surface area (Å²) < 4.78 is 0. The second-order valence-corrected chi connectivity index (χ2v) is 5.64. The lowest BCUT2D eigenvalue weighted by Crippen LogP contribution is -2.16. The molecule has 0 amide bonds. The monoisotopic (exact) mass is 267 g/mol. The van der Waals surface area contributed by atoms with Crippen LogP contribution in [-0.4, -0.2) is 13.1 Å². The van der Waals surface area contributed by atoms with Crippen molar-refractivity contribution in [3.63, 3.8) is 0 Å². The highest BCUT2D eigenvalue weighted by Gasteiger charge is 1.92. The zero-order valence-electron chi connectivity index (χ0n) is 13.6. The maximum absolute atomic E-state index is 3.58. The van der Waals surface area contributed by atoms with Gasteiger partial charge < -0.3 is 5.32 Å². The Morgan fingerprint density at radius 3 is 1.79 bits per heavy atom. The predicted molar refractivity (Wildman–Crippen MR) is 88.8 cm³/mol. The predicted octanol–water partition coefficient (Wildman–Crippen LogP) is 5.85. The quantitative estimate of drug-likeness (QED) is 0.290. The SMILES string of the molecule is C/C=C/CCCCCCNCCCCCCCCC. The molecule has 0 aromatic rings. The Morgan fingerprint density at radius 2 is 1.21 bits per heavy atom. The Hall–Kier alpha value is -0.300. The molecule has 0 fully saturated rings. The third-order valence-corrected chi connectivity index (χ3v) is 3.67. The molecular formula is C18H37N. The molecule has 1 heteroatoms. The van der Waals surface area contributed by atoms with E-state index in [0.717, 1.165) is 0 Å². The molecular weight excluding hydrogens is 230 g/mol. The van der Waals surface area contributed by atoms with Crippen molar-refractivity contribution < 1.29 is 0 Å². The minimum atomic E-state index is 1.22. The summed E-state index contributed by atoms with van der Waals surface area (Å²) in [5.41, 5.74) is 0. The van der Waals surface area contributed by atoms with E-state index in [4.69, 9.17) is 0 Å². The Balaban J connectivity index is 2.91. The van der Waals surface area contributed by atoms with Crippen molar-refractivity contribution in [1.29, 1.82) is 0 Å². The van der Waals surface area contributed by atoms with Crippen molar-refractivity contribution in [3.8, 4) is 0 Å². The first kappa shape index (κ1) is 18.7. The molecule has 0 aromatic heterocycles. The van der Waals surface area contributed by atoms with Crippen molar-refractivity contribution in [1.82, 2.24) is 5.32 Å². The second-order valence-electron chi connectivity index (χ2n) is 5.64. The molecule has 0 heterocycles. The van der Waals surface area contributed by atoms with Gasteiger partial charge in [0, 0.05) is 0 Å². The maximum atomic E-state index is 3.58. The molecule has 0 rings (SSSR count). The first-order valence-electron chi connectivity index (χ1n) is 8.73. The summed E-state index contributed by atoms with van der Waals surface area (Å²) in [5.74, 6) is 0. The summed E-state index contributed by atoms with van der Waals surface area (Å²) in [5, 5.41) is 3.58. The van der Waals surface area contributed by atoms with Gasteiger partial charge in [0.1, 0.15) is 0 Å². The molecule has 0 aromatic carbocycles. The number of hydrogen-bond donors (Lipinski definition) is 1. The van der Waals surface area contributed by atoms with E-state index in [0.29, 0.717) is 0 Å². The van der Waals surface area contributed by atoms with Crippen molar-refractivity contribution in [2.45, 2.75) is 90.9 Å². The fourth-order valence-electron chi connectivity index (χ4n) is 2.36. The normalized spacial score (nSPS) is 11.5. The van der Waals surface area contributed by atoms with Crippen LogP contribution in [0.1, 0.15) is 90.9 Å². The molecule has 0 bridgehead atoms. The molecule has 0 saturated carbocycles. The first-order chi connectivity index (χ1) is 9.41. The molecule has 0 unspecified atom stereocenters.